The summed E-state index contributed by atoms with van der Waals surface area (Å²) >= 11 is 0. The van der Waals surface area contributed by atoms with Crippen molar-refractivity contribution in [1.29, 1.82) is 0 Å². The summed E-state index contributed by atoms with van der Waals surface area (Å²) < 4.78 is 0. The molecular weight excluding hydrogens is 234 g/mol. The van der Waals surface area contributed by atoms with Crippen LogP contribution in [0, 0.1) is 0 Å². The fraction of sp³-hybridized carbons (Fsp3) is 0.438. The van der Waals surface area contributed by atoms with Gasteiger partial charge in [-0.15, -0.1) is 0 Å². The van der Waals surface area contributed by atoms with Gasteiger partial charge < -0.3 is 10.2 Å². The zero-order valence-corrected chi connectivity index (χ0v) is 12.3. The van der Waals surface area contributed by atoms with Crippen molar-refractivity contribution in [3.8, 4) is 0 Å². The Balaban J connectivity index is 1.98. The molecule has 0 radical (unpaired) electrons. The molecule has 0 bridgehead atoms. The summed E-state index contributed by atoms with van der Waals surface area (Å²) in [6.07, 6.45) is 1.83. The molecule has 19 heavy (non-hydrogen) atoms. The van der Waals surface area contributed by atoms with Crippen molar-refractivity contribution >= 4 is 10.9 Å². The van der Waals surface area contributed by atoms with Crippen LogP contribution in [-0.2, 0) is 6.54 Å². The van der Waals surface area contributed by atoms with Gasteiger partial charge in [0.2, 0.25) is 0 Å². The van der Waals surface area contributed by atoms with E-state index in [2.05, 4.69) is 67.4 Å². The number of hydrogen-bond donors (Lipinski definition) is 1. The van der Waals surface area contributed by atoms with E-state index in [1.165, 1.54) is 10.9 Å². The second-order valence-electron chi connectivity index (χ2n) is 5.84. The molecule has 0 fully saturated rings. The quantitative estimate of drug-likeness (QED) is 0.892. The van der Waals surface area contributed by atoms with Crippen LogP contribution in [0.2, 0.25) is 0 Å². The maximum absolute atomic E-state index is 4.34. The summed E-state index contributed by atoms with van der Waals surface area (Å²) in [4.78, 5) is 6.58. The van der Waals surface area contributed by atoms with E-state index in [0.717, 1.165) is 18.6 Å². The van der Waals surface area contributed by atoms with Crippen molar-refractivity contribution in [2.24, 2.45) is 0 Å². The van der Waals surface area contributed by atoms with Crippen molar-refractivity contribution in [3.63, 3.8) is 0 Å². The third kappa shape index (κ3) is 3.52. The summed E-state index contributed by atoms with van der Waals surface area (Å²) in [6, 6.07) is 10.5. The molecule has 0 unspecified atom stereocenters. The first-order chi connectivity index (χ1) is 8.99. The Hall–Kier alpha value is -1.45. The first-order valence-electron chi connectivity index (χ1n) is 6.71. The summed E-state index contributed by atoms with van der Waals surface area (Å²) in [6.45, 7) is 6.34. The number of benzene rings is 1. The minimum absolute atomic E-state index is 0.165. The van der Waals surface area contributed by atoms with Crippen LogP contribution in [0.15, 0.2) is 36.5 Å². The molecule has 1 aromatic heterocycles. The van der Waals surface area contributed by atoms with Gasteiger partial charge in [-0.1, -0.05) is 12.1 Å². The highest BCUT2D eigenvalue weighted by Gasteiger charge is 2.19. The highest BCUT2D eigenvalue weighted by Crippen LogP contribution is 2.14. The molecule has 0 atom stereocenters. The SMILES string of the molecule is CN(C)C(C)(C)CNCc1ccc2ncccc2c1. The molecule has 0 aliphatic carbocycles. The molecule has 2 aromatic rings. The normalized spacial score (nSPS) is 12.3. The highest BCUT2D eigenvalue weighted by molar-refractivity contribution is 5.78. The van der Waals surface area contributed by atoms with E-state index < -0.39 is 0 Å². The van der Waals surface area contributed by atoms with E-state index in [-0.39, 0.29) is 5.54 Å². The Morgan fingerprint density at radius 2 is 2.00 bits per heavy atom. The zero-order chi connectivity index (χ0) is 13.9. The van der Waals surface area contributed by atoms with E-state index in [9.17, 15) is 0 Å². The van der Waals surface area contributed by atoms with Crippen LogP contribution in [-0.4, -0.2) is 36.1 Å². The van der Waals surface area contributed by atoms with Crippen molar-refractivity contribution < 1.29 is 0 Å². The maximum atomic E-state index is 4.34. The molecule has 1 heterocycles. The van der Waals surface area contributed by atoms with Crippen molar-refractivity contribution in [2.75, 3.05) is 20.6 Å². The third-order valence-corrected chi connectivity index (χ3v) is 3.76. The van der Waals surface area contributed by atoms with Crippen LogP contribution in [0.4, 0.5) is 0 Å². The Kier molecular flexibility index (Phi) is 4.17. The van der Waals surface area contributed by atoms with Gasteiger partial charge in [0.25, 0.3) is 0 Å². The van der Waals surface area contributed by atoms with Crippen LogP contribution in [0.1, 0.15) is 19.4 Å². The molecule has 1 N–H and O–H groups in total. The van der Waals surface area contributed by atoms with Gasteiger partial charge in [0, 0.05) is 30.2 Å². The van der Waals surface area contributed by atoms with E-state index >= 15 is 0 Å². The average molecular weight is 257 g/mol. The van der Waals surface area contributed by atoms with E-state index in [1.807, 2.05) is 12.3 Å². The van der Waals surface area contributed by atoms with Gasteiger partial charge >= 0.3 is 0 Å². The Morgan fingerprint density at radius 1 is 1.21 bits per heavy atom. The van der Waals surface area contributed by atoms with Gasteiger partial charge in [0.1, 0.15) is 0 Å². The van der Waals surface area contributed by atoms with Crippen molar-refractivity contribution in [2.45, 2.75) is 25.9 Å². The molecule has 0 aliphatic heterocycles. The van der Waals surface area contributed by atoms with Crippen LogP contribution in [0.5, 0.6) is 0 Å². The lowest BCUT2D eigenvalue weighted by Crippen LogP contribution is -2.46. The molecule has 1 aromatic carbocycles. The molecular formula is C16H23N3. The van der Waals surface area contributed by atoms with E-state index in [4.69, 9.17) is 0 Å². The fourth-order valence-electron chi connectivity index (χ4n) is 1.91. The Labute approximate surface area is 115 Å². The maximum Gasteiger partial charge on any atom is 0.0702 e. The largest absolute Gasteiger partial charge is 0.311 e. The minimum Gasteiger partial charge on any atom is -0.311 e. The molecule has 0 amide bonds. The average Bonchev–Trinajstić information content (AvgIpc) is 2.38. The van der Waals surface area contributed by atoms with Crippen molar-refractivity contribution in [3.05, 3.63) is 42.1 Å². The first kappa shape index (κ1) is 14.0. The van der Waals surface area contributed by atoms with E-state index in [1.54, 1.807) is 0 Å². The molecule has 2 rings (SSSR count). The molecule has 0 saturated carbocycles. The topological polar surface area (TPSA) is 28.2 Å². The summed E-state index contributed by atoms with van der Waals surface area (Å²) in [5.41, 5.74) is 2.52. The number of likely N-dealkylation sites (N-methyl/N-ethyl adjacent to an activating group) is 1. The van der Waals surface area contributed by atoms with Crippen LogP contribution in [0.3, 0.4) is 0 Å². The number of aromatic nitrogens is 1. The fourth-order valence-corrected chi connectivity index (χ4v) is 1.91. The number of nitrogens with zero attached hydrogens (tertiary/aromatic N) is 2. The van der Waals surface area contributed by atoms with E-state index in [0.29, 0.717) is 0 Å². The van der Waals surface area contributed by atoms with Gasteiger partial charge in [-0.2, -0.15) is 0 Å². The summed E-state index contributed by atoms with van der Waals surface area (Å²) in [5, 5.41) is 4.73. The molecule has 3 heteroatoms. The lowest BCUT2D eigenvalue weighted by Gasteiger charge is -2.32. The number of hydrogen-bond acceptors (Lipinski definition) is 3. The molecule has 0 saturated heterocycles. The molecule has 0 aliphatic rings. The second-order valence-corrected chi connectivity index (χ2v) is 5.84. The monoisotopic (exact) mass is 257 g/mol. The number of nitrogens with one attached hydrogen (secondary N) is 1. The molecule has 3 nitrogen and oxygen atoms in total. The third-order valence-electron chi connectivity index (χ3n) is 3.76. The zero-order valence-electron chi connectivity index (χ0n) is 12.3. The predicted octanol–water partition coefficient (Wildman–Crippen LogP) is 2.66. The predicted molar refractivity (Wildman–Crippen MR) is 81.2 cm³/mol. The van der Waals surface area contributed by atoms with Gasteiger partial charge in [0.05, 0.1) is 5.52 Å². The first-order valence-corrected chi connectivity index (χ1v) is 6.71. The summed E-state index contributed by atoms with van der Waals surface area (Å²) in [5.74, 6) is 0. The van der Waals surface area contributed by atoms with Gasteiger partial charge in [-0.3, -0.25) is 4.98 Å². The molecule has 0 spiro atoms. The van der Waals surface area contributed by atoms with Gasteiger partial charge in [-0.05, 0) is 51.7 Å². The Bertz CT molecular complexity index is 546. The minimum atomic E-state index is 0.165. The Morgan fingerprint density at radius 3 is 2.74 bits per heavy atom. The summed E-state index contributed by atoms with van der Waals surface area (Å²) in [7, 11) is 4.23. The van der Waals surface area contributed by atoms with Crippen molar-refractivity contribution in [1.82, 2.24) is 15.2 Å². The lowest BCUT2D eigenvalue weighted by atomic mass is 10.0. The highest BCUT2D eigenvalue weighted by atomic mass is 15.2. The number of rotatable bonds is 5. The number of fused-ring (bicyclic) bond motifs is 1. The lowest BCUT2D eigenvalue weighted by molar-refractivity contribution is 0.190. The van der Waals surface area contributed by atoms with Gasteiger partial charge in [-0.25, -0.2) is 0 Å². The van der Waals surface area contributed by atoms with Crippen LogP contribution >= 0.6 is 0 Å². The number of pyridine rings is 1. The smallest absolute Gasteiger partial charge is 0.0702 e. The second kappa shape index (κ2) is 5.68. The molecule has 102 valence electrons. The van der Waals surface area contributed by atoms with Crippen LogP contribution in [0.25, 0.3) is 10.9 Å². The van der Waals surface area contributed by atoms with Gasteiger partial charge in [0.15, 0.2) is 0 Å². The van der Waals surface area contributed by atoms with Crippen LogP contribution < -0.4 is 5.32 Å². The standard InChI is InChI=1S/C16H23N3/c1-16(2,19(3)4)12-17-11-13-7-8-15-14(10-13)6-5-9-18-15/h5-10,17H,11-12H2,1-4H3.